The summed E-state index contributed by atoms with van der Waals surface area (Å²) in [4.78, 5) is 34.6. The van der Waals surface area contributed by atoms with E-state index in [2.05, 4.69) is 21.0 Å². The third-order valence-corrected chi connectivity index (χ3v) is 8.04. The van der Waals surface area contributed by atoms with Crippen molar-refractivity contribution in [1.82, 2.24) is 20.6 Å². The lowest BCUT2D eigenvalue weighted by Gasteiger charge is -2.13. The molecule has 0 aliphatic rings. The number of carbonyl (C=O) groups excluding carboxylic acids is 2. The van der Waals surface area contributed by atoms with Gasteiger partial charge >= 0.3 is 0 Å². The van der Waals surface area contributed by atoms with Crippen molar-refractivity contribution in [2.75, 3.05) is 25.1 Å². The first-order chi connectivity index (χ1) is 20.9. The molecule has 0 aliphatic heterocycles. The molecule has 9 nitrogen and oxygen atoms in total. The smallest absolute Gasteiger partial charge is 0.252 e. The predicted octanol–water partition coefficient (Wildman–Crippen LogP) is 5.99. The summed E-state index contributed by atoms with van der Waals surface area (Å²) in [6.07, 6.45) is 4.50. The zero-order valence-electron chi connectivity index (χ0n) is 23.3. The Morgan fingerprint density at radius 2 is 1.72 bits per heavy atom. The molecule has 0 saturated heterocycles. The number of hydrogen-bond donors (Lipinski definition) is 4. The van der Waals surface area contributed by atoms with Crippen LogP contribution in [-0.2, 0) is 10.5 Å². The van der Waals surface area contributed by atoms with E-state index in [0.717, 1.165) is 27.5 Å². The van der Waals surface area contributed by atoms with E-state index in [-0.39, 0.29) is 24.9 Å². The van der Waals surface area contributed by atoms with Crippen LogP contribution in [0.15, 0.2) is 83.9 Å². The Bertz CT molecular complexity index is 1580. The minimum atomic E-state index is -0.331. The maximum atomic E-state index is 12.7. The minimum absolute atomic E-state index is 0.230. The molecule has 43 heavy (non-hydrogen) atoms. The van der Waals surface area contributed by atoms with Gasteiger partial charge in [-0.1, -0.05) is 53.5 Å². The summed E-state index contributed by atoms with van der Waals surface area (Å²) in [5, 5.41) is 6.66. The molecule has 5 N–H and O–H groups in total. The summed E-state index contributed by atoms with van der Waals surface area (Å²) in [5.41, 5.74) is 5.84. The number of nitrogens with one attached hydrogen (secondary N) is 3. The average Bonchev–Trinajstić information content (AvgIpc) is 3.02. The van der Waals surface area contributed by atoms with Crippen molar-refractivity contribution in [3.63, 3.8) is 0 Å². The lowest BCUT2D eigenvalue weighted by molar-refractivity contribution is -0.116. The van der Waals surface area contributed by atoms with Crippen LogP contribution in [0, 0.1) is 0 Å². The Labute approximate surface area is 264 Å². The van der Waals surface area contributed by atoms with Gasteiger partial charge < -0.3 is 20.8 Å². The quantitative estimate of drug-likeness (QED) is 0.0463. The number of aromatic nitrogens is 2. The topological polar surface area (TPSA) is 131 Å². The molecule has 4 rings (SSSR count). The van der Waals surface area contributed by atoms with E-state index < -0.39 is 0 Å². The molecular formula is C31H30Cl2N6O3S. The Morgan fingerprint density at radius 1 is 0.953 bits per heavy atom. The fourth-order valence-corrected chi connectivity index (χ4v) is 5.57. The summed E-state index contributed by atoms with van der Waals surface area (Å²) in [6.45, 7) is 2.90. The van der Waals surface area contributed by atoms with Crippen LogP contribution in [0.3, 0.4) is 0 Å². The normalized spacial score (nSPS) is 10.9. The second kappa shape index (κ2) is 15.9. The monoisotopic (exact) mass is 636 g/mol. The average molecular weight is 638 g/mol. The van der Waals surface area contributed by atoms with Crippen LogP contribution in [-0.4, -0.2) is 41.5 Å². The largest absolute Gasteiger partial charge is 0.493 e. The molecule has 2 aromatic carbocycles. The van der Waals surface area contributed by atoms with Crippen molar-refractivity contribution in [1.29, 1.82) is 0 Å². The highest BCUT2D eigenvalue weighted by Gasteiger charge is 2.13. The van der Waals surface area contributed by atoms with Crippen molar-refractivity contribution >= 4 is 58.7 Å². The Hall–Kier alpha value is -4.09. The van der Waals surface area contributed by atoms with E-state index in [1.165, 1.54) is 24.0 Å². The Kier molecular flexibility index (Phi) is 11.8. The van der Waals surface area contributed by atoms with Gasteiger partial charge in [0.2, 0.25) is 5.91 Å². The number of halogens is 2. The molecule has 2 aromatic heterocycles. The summed E-state index contributed by atoms with van der Waals surface area (Å²) >= 11 is 14.2. The summed E-state index contributed by atoms with van der Waals surface area (Å²) < 4.78 is 5.85. The van der Waals surface area contributed by atoms with Gasteiger partial charge in [0.25, 0.3) is 5.91 Å². The third-order valence-electron chi connectivity index (χ3n) is 6.02. The molecule has 222 valence electrons. The van der Waals surface area contributed by atoms with Crippen LogP contribution < -0.4 is 26.6 Å². The molecular weight excluding hydrogens is 607 g/mol. The summed E-state index contributed by atoms with van der Waals surface area (Å²) in [6, 6.07) is 20.2. The zero-order valence-corrected chi connectivity index (χ0v) is 25.6. The second-order valence-corrected chi connectivity index (χ2v) is 10.8. The van der Waals surface area contributed by atoms with Gasteiger partial charge in [0, 0.05) is 47.1 Å². The number of nitrogen functional groups attached to an aromatic ring is 1. The van der Waals surface area contributed by atoms with Gasteiger partial charge in [0.1, 0.15) is 11.6 Å². The lowest BCUT2D eigenvalue weighted by atomic mass is 10.0. The van der Waals surface area contributed by atoms with Crippen LogP contribution in [0.2, 0.25) is 10.0 Å². The first kappa shape index (κ1) is 31.8. The Morgan fingerprint density at radius 3 is 2.44 bits per heavy atom. The van der Waals surface area contributed by atoms with Crippen LogP contribution in [0.25, 0.3) is 17.2 Å². The van der Waals surface area contributed by atoms with Crippen molar-refractivity contribution < 1.29 is 14.3 Å². The van der Waals surface area contributed by atoms with Crippen molar-refractivity contribution in [2.24, 2.45) is 5.84 Å². The number of hydrazine groups is 1. The number of nitrogens with zero attached hydrogens (tertiary/aromatic N) is 2. The molecule has 12 heteroatoms. The fourth-order valence-electron chi connectivity index (χ4n) is 3.98. The van der Waals surface area contributed by atoms with Gasteiger partial charge in [0.05, 0.1) is 33.6 Å². The Balaban J connectivity index is 1.45. The molecule has 0 atom stereocenters. The molecule has 0 unspecified atom stereocenters. The molecule has 0 spiro atoms. The van der Waals surface area contributed by atoms with E-state index in [9.17, 15) is 9.59 Å². The highest BCUT2D eigenvalue weighted by molar-refractivity contribution is 7.98. The lowest BCUT2D eigenvalue weighted by Crippen LogP contribution is -2.34. The van der Waals surface area contributed by atoms with Crippen LogP contribution >= 0.6 is 35.0 Å². The highest BCUT2D eigenvalue weighted by atomic mass is 35.5. The van der Waals surface area contributed by atoms with Gasteiger partial charge in [-0.25, -0.2) is 10.8 Å². The standard InChI is InChI=1S/C31H30Cl2N6O3S/c1-2-42-27-9-4-3-6-23(27)22-12-11-21(19-43-30-24(32)7-5-8-25(30)33)38-26(22)13-15-29(40)35-16-17-36-31(41)20-10-14-28(39-34)37-18-20/h3-15,18H,2,16-17,19,34H2,1H3,(H,35,40)(H,36,41)(H,37,39)/b15-13+. The zero-order chi connectivity index (χ0) is 30.6. The van der Waals surface area contributed by atoms with Gasteiger partial charge in [0.15, 0.2) is 0 Å². The first-order valence-electron chi connectivity index (χ1n) is 13.3. The number of anilines is 1. The number of para-hydroxylation sites is 1. The maximum Gasteiger partial charge on any atom is 0.252 e. The number of carbonyl (C=O) groups is 2. The van der Waals surface area contributed by atoms with E-state index in [1.807, 2.05) is 43.3 Å². The number of pyridine rings is 2. The number of ether oxygens (including phenoxy) is 1. The molecule has 0 saturated carbocycles. The molecule has 4 aromatic rings. The fraction of sp³-hybridized carbons (Fsp3) is 0.161. The summed E-state index contributed by atoms with van der Waals surface area (Å²) in [7, 11) is 0. The van der Waals surface area contributed by atoms with E-state index in [4.69, 9.17) is 38.8 Å². The minimum Gasteiger partial charge on any atom is -0.493 e. The third kappa shape index (κ3) is 8.95. The van der Waals surface area contributed by atoms with Crippen molar-refractivity contribution in [3.8, 4) is 16.9 Å². The predicted molar refractivity (Wildman–Crippen MR) is 173 cm³/mol. The maximum absolute atomic E-state index is 12.7. The van der Waals surface area contributed by atoms with Crippen LogP contribution in [0.4, 0.5) is 5.82 Å². The van der Waals surface area contributed by atoms with Gasteiger partial charge in [-0.15, -0.1) is 11.8 Å². The highest BCUT2D eigenvalue weighted by Crippen LogP contribution is 2.37. The van der Waals surface area contributed by atoms with E-state index in [1.54, 1.807) is 36.4 Å². The number of amides is 2. The number of nitrogens with two attached hydrogens (primary N) is 1. The molecule has 0 radical (unpaired) electrons. The van der Waals surface area contributed by atoms with Crippen LogP contribution in [0.1, 0.15) is 28.7 Å². The number of hydrogen-bond acceptors (Lipinski definition) is 8. The molecule has 0 aliphatic carbocycles. The summed E-state index contributed by atoms with van der Waals surface area (Å²) in [5.74, 6) is 6.34. The SMILES string of the molecule is CCOc1ccccc1-c1ccc(CSc2c(Cl)cccc2Cl)nc1/C=C/C(=O)NCCNC(=O)c1ccc(NN)nc1. The van der Waals surface area contributed by atoms with Gasteiger partial charge in [-0.05, 0) is 49.4 Å². The van der Waals surface area contributed by atoms with Crippen LogP contribution in [0.5, 0.6) is 5.75 Å². The molecule has 2 amide bonds. The van der Waals surface area contributed by atoms with Crippen molar-refractivity contribution in [3.05, 3.63) is 106 Å². The first-order valence-corrected chi connectivity index (χ1v) is 15.1. The van der Waals surface area contributed by atoms with Crippen molar-refractivity contribution in [2.45, 2.75) is 17.6 Å². The molecule has 0 fully saturated rings. The number of rotatable bonds is 13. The number of benzene rings is 2. The van der Waals surface area contributed by atoms with E-state index in [0.29, 0.717) is 39.5 Å². The molecule has 0 bridgehead atoms. The van der Waals surface area contributed by atoms with Gasteiger partial charge in [-0.2, -0.15) is 0 Å². The van der Waals surface area contributed by atoms with Gasteiger partial charge in [-0.3, -0.25) is 14.6 Å². The number of thioether (sulfide) groups is 1. The second-order valence-electron chi connectivity index (χ2n) is 8.96. The molecule has 2 heterocycles. The van der Waals surface area contributed by atoms with E-state index >= 15 is 0 Å².